The lowest BCUT2D eigenvalue weighted by Crippen LogP contribution is -2.26. The molecule has 1 heterocycles. The molecule has 0 atom stereocenters. The summed E-state index contributed by atoms with van der Waals surface area (Å²) in [5, 5.41) is 2.30. The Labute approximate surface area is 269 Å². The molecule has 6 aromatic carbocycles. The van der Waals surface area contributed by atoms with Gasteiger partial charge >= 0.3 is 0 Å². The lowest BCUT2D eigenvalue weighted by atomic mass is 9.70. The molecule has 9 rings (SSSR count). The number of hydrogen-bond donors (Lipinski definition) is 0. The van der Waals surface area contributed by atoms with Crippen molar-refractivity contribution in [1.29, 1.82) is 0 Å². The molecule has 3 aliphatic rings. The molecule has 2 aliphatic carbocycles. The summed E-state index contributed by atoms with van der Waals surface area (Å²) >= 11 is 0. The molecule has 0 saturated carbocycles. The van der Waals surface area contributed by atoms with E-state index >= 15 is 0 Å². The van der Waals surface area contributed by atoms with Crippen LogP contribution in [0.15, 0.2) is 163 Å². The quantitative estimate of drug-likeness (QED) is 0.203. The molecule has 3 nitrogen and oxygen atoms in total. The van der Waals surface area contributed by atoms with Gasteiger partial charge < -0.3 is 14.4 Å². The zero-order valence-electron chi connectivity index (χ0n) is 25.7. The van der Waals surface area contributed by atoms with Crippen molar-refractivity contribution < 1.29 is 9.47 Å². The summed E-state index contributed by atoms with van der Waals surface area (Å²) in [6.07, 6.45) is 4.06. The summed E-state index contributed by atoms with van der Waals surface area (Å²) in [5.74, 6) is 2.72. The fourth-order valence-corrected chi connectivity index (χ4v) is 7.95. The molecule has 6 aromatic rings. The van der Waals surface area contributed by atoms with E-state index in [1.165, 1.54) is 33.4 Å². The molecule has 0 amide bonds. The second kappa shape index (κ2) is 9.85. The van der Waals surface area contributed by atoms with E-state index in [1.807, 2.05) is 26.1 Å². The minimum atomic E-state index is -0.454. The number of ether oxygens (including phenoxy) is 2. The Balaban J connectivity index is 1.23. The van der Waals surface area contributed by atoms with Gasteiger partial charge in [-0.3, -0.25) is 0 Å². The average molecular weight is 594 g/mol. The molecule has 46 heavy (non-hydrogen) atoms. The van der Waals surface area contributed by atoms with E-state index in [2.05, 4.69) is 139 Å². The third kappa shape index (κ3) is 3.43. The molecular weight excluding hydrogens is 562 g/mol. The summed E-state index contributed by atoms with van der Waals surface area (Å²) in [7, 11) is 0. The van der Waals surface area contributed by atoms with Gasteiger partial charge in [-0.05, 0) is 70.3 Å². The maximum atomic E-state index is 7.02. The van der Waals surface area contributed by atoms with Gasteiger partial charge in [0, 0.05) is 17.1 Å². The smallest absolute Gasteiger partial charge is 0.188 e. The van der Waals surface area contributed by atoms with Crippen LogP contribution in [0.2, 0.25) is 0 Å². The summed E-state index contributed by atoms with van der Waals surface area (Å²) in [6, 6.07) is 45.5. The lowest BCUT2D eigenvalue weighted by molar-refractivity contribution is 0.302. The number of allylic oxidation sites excluding steroid dienone is 2. The average Bonchev–Trinajstić information content (AvgIpc) is 3.57. The first kappa shape index (κ1) is 26.6. The molecule has 0 fully saturated rings. The van der Waals surface area contributed by atoms with Crippen molar-refractivity contribution in [2.24, 2.45) is 0 Å². The Morgan fingerprint density at radius 2 is 1.26 bits per heavy atom. The minimum absolute atomic E-state index is 0.454. The highest BCUT2D eigenvalue weighted by atomic mass is 16.6. The summed E-state index contributed by atoms with van der Waals surface area (Å²) in [6.45, 7) is 8.55. The van der Waals surface area contributed by atoms with Crippen LogP contribution in [0.4, 0.5) is 5.69 Å². The third-order valence-corrected chi connectivity index (χ3v) is 9.74. The Kier molecular flexibility index (Phi) is 5.69. The molecule has 0 bridgehead atoms. The van der Waals surface area contributed by atoms with Crippen LogP contribution in [-0.4, -0.2) is 0 Å². The Morgan fingerprint density at radius 3 is 1.98 bits per heavy atom. The monoisotopic (exact) mass is 593 g/mol. The van der Waals surface area contributed by atoms with Gasteiger partial charge in [0.2, 0.25) is 0 Å². The predicted octanol–water partition coefficient (Wildman–Crippen LogP) is 10.7. The molecule has 0 saturated heterocycles. The Morgan fingerprint density at radius 1 is 0.652 bits per heavy atom. The zero-order valence-corrected chi connectivity index (χ0v) is 25.7. The molecule has 3 heteroatoms. The fourth-order valence-electron chi connectivity index (χ4n) is 7.95. The van der Waals surface area contributed by atoms with E-state index in [1.54, 1.807) is 0 Å². The first-order chi connectivity index (χ1) is 22.6. The van der Waals surface area contributed by atoms with Crippen molar-refractivity contribution >= 4 is 16.5 Å². The van der Waals surface area contributed by atoms with E-state index in [-0.39, 0.29) is 0 Å². The SMILES string of the molecule is C=C(C1=C(C)Oc2ccc3c(c2O1)-c1ccccc1C31c2ccccc2-c2ccccc21)N(/C=C/C)c1cccc2ccccc12. The van der Waals surface area contributed by atoms with Crippen molar-refractivity contribution in [3.05, 3.63) is 186 Å². The first-order valence-electron chi connectivity index (χ1n) is 15.8. The maximum absolute atomic E-state index is 7.02. The van der Waals surface area contributed by atoms with Crippen LogP contribution in [0.1, 0.15) is 36.1 Å². The molecule has 1 spiro atoms. The zero-order chi connectivity index (χ0) is 31.0. The topological polar surface area (TPSA) is 21.7 Å². The van der Waals surface area contributed by atoms with Crippen molar-refractivity contribution in [1.82, 2.24) is 0 Å². The first-order valence-corrected chi connectivity index (χ1v) is 15.8. The molecule has 220 valence electrons. The molecule has 0 unspecified atom stereocenters. The van der Waals surface area contributed by atoms with Crippen LogP contribution in [0, 0.1) is 0 Å². The number of nitrogens with zero attached hydrogens (tertiary/aromatic N) is 1. The number of fused-ring (bicyclic) bond motifs is 13. The third-order valence-electron chi connectivity index (χ3n) is 9.74. The van der Waals surface area contributed by atoms with E-state index in [9.17, 15) is 0 Å². The number of hydrogen-bond acceptors (Lipinski definition) is 3. The van der Waals surface area contributed by atoms with E-state index in [4.69, 9.17) is 9.47 Å². The van der Waals surface area contributed by atoms with Gasteiger partial charge in [-0.15, -0.1) is 0 Å². The van der Waals surface area contributed by atoms with Crippen LogP contribution < -0.4 is 14.4 Å². The summed E-state index contributed by atoms with van der Waals surface area (Å²) < 4.78 is 13.6. The molecule has 0 aromatic heterocycles. The van der Waals surface area contributed by atoms with E-state index < -0.39 is 5.41 Å². The molecule has 1 aliphatic heterocycles. The van der Waals surface area contributed by atoms with Gasteiger partial charge in [0.25, 0.3) is 0 Å². The second-order valence-electron chi connectivity index (χ2n) is 12.1. The lowest BCUT2D eigenvalue weighted by Gasteiger charge is -2.32. The predicted molar refractivity (Wildman–Crippen MR) is 187 cm³/mol. The fraction of sp³-hybridized carbons (Fsp3) is 0.0698. The Bertz CT molecular complexity index is 2270. The van der Waals surface area contributed by atoms with Crippen molar-refractivity contribution in [3.63, 3.8) is 0 Å². The van der Waals surface area contributed by atoms with E-state index in [0.29, 0.717) is 23.0 Å². The molecule has 0 radical (unpaired) electrons. The van der Waals surface area contributed by atoms with Gasteiger partial charge in [0.05, 0.1) is 16.8 Å². The van der Waals surface area contributed by atoms with Crippen molar-refractivity contribution in [2.75, 3.05) is 4.90 Å². The normalized spacial score (nSPS) is 14.7. The minimum Gasteiger partial charge on any atom is -0.454 e. The van der Waals surface area contributed by atoms with E-state index in [0.717, 1.165) is 33.3 Å². The van der Waals surface area contributed by atoms with Gasteiger partial charge in [-0.1, -0.05) is 128 Å². The van der Waals surface area contributed by atoms with Crippen LogP contribution in [0.25, 0.3) is 33.0 Å². The van der Waals surface area contributed by atoms with Crippen molar-refractivity contribution in [2.45, 2.75) is 19.3 Å². The second-order valence-corrected chi connectivity index (χ2v) is 12.1. The summed E-state index contributed by atoms with van der Waals surface area (Å²) in [5.41, 5.74) is 11.1. The number of benzene rings is 6. The Hall–Kier alpha value is -5.80. The highest BCUT2D eigenvalue weighted by Gasteiger charge is 2.53. The van der Waals surface area contributed by atoms with Gasteiger partial charge in [-0.25, -0.2) is 0 Å². The van der Waals surface area contributed by atoms with Gasteiger partial charge in [-0.2, -0.15) is 0 Å². The van der Waals surface area contributed by atoms with Crippen LogP contribution in [0.5, 0.6) is 11.5 Å². The van der Waals surface area contributed by atoms with Crippen molar-refractivity contribution in [3.8, 4) is 33.8 Å². The van der Waals surface area contributed by atoms with Gasteiger partial charge in [0.15, 0.2) is 17.3 Å². The van der Waals surface area contributed by atoms with Crippen LogP contribution in [0.3, 0.4) is 0 Å². The van der Waals surface area contributed by atoms with Crippen LogP contribution >= 0.6 is 0 Å². The van der Waals surface area contributed by atoms with Gasteiger partial charge in [0.1, 0.15) is 5.76 Å². The highest BCUT2D eigenvalue weighted by Crippen LogP contribution is 2.65. The summed E-state index contributed by atoms with van der Waals surface area (Å²) in [4.78, 5) is 2.09. The maximum Gasteiger partial charge on any atom is 0.188 e. The standard InChI is InChI=1S/C43H31NO2/c1-4-26-44(38-23-13-15-29-14-5-6-16-30(29)38)27(2)41-28(3)45-39-25-24-37-40(42(39)46-41)33-19-9-12-22-36(33)43(37)34-20-10-7-17-31(34)32-18-8-11-21-35(32)43/h4-26H,2H2,1,3H3/b26-4+. The largest absolute Gasteiger partial charge is 0.454 e. The van der Waals surface area contributed by atoms with Crippen LogP contribution in [-0.2, 0) is 5.41 Å². The molecule has 0 N–H and O–H groups in total. The molecular formula is C43H31NO2. The number of anilines is 1. The highest BCUT2D eigenvalue weighted by molar-refractivity contribution is 5.98. The number of rotatable bonds is 4.